The highest BCUT2D eigenvalue weighted by molar-refractivity contribution is 5.80. The Balaban J connectivity index is 2.73. The second-order valence-corrected chi connectivity index (χ2v) is 21.4. The number of esters is 1. The van der Waals surface area contributed by atoms with Crippen LogP contribution in [-0.2, 0) is 23.8 Å². The largest absolute Gasteiger partial charge is 0.454 e. The molecule has 1 fully saturated rings. The van der Waals surface area contributed by atoms with Gasteiger partial charge in [-0.25, -0.2) is 0 Å². The van der Waals surface area contributed by atoms with Crippen molar-refractivity contribution in [2.75, 3.05) is 13.2 Å². The molecule has 11 nitrogen and oxygen atoms in total. The number of aliphatic hydroxyl groups excluding tert-OH is 5. The van der Waals surface area contributed by atoms with Gasteiger partial charge in [-0.3, -0.25) is 9.59 Å². The summed E-state index contributed by atoms with van der Waals surface area (Å²) in [5.41, 5.74) is 0. The molecular formula is C68H115NO10. The van der Waals surface area contributed by atoms with Gasteiger partial charge in [-0.15, -0.1) is 0 Å². The van der Waals surface area contributed by atoms with Gasteiger partial charge in [-0.05, 0) is 109 Å². The van der Waals surface area contributed by atoms with Gasteiger partial charge in [0.1, 0.15) is 24.4 Å². The zero-order valence-electron chi connectivity index (χ0n) is 50.0. The van der Waals surface area contributed by atoms with Crippen LogP contribution in [0.4, 0.5) is 0 Å². The van der Waals surface area contributed by atoms with E-state index in [0.717, 1.165) is 122 Å². The van der Waals surface area contributed by atoms with Crippen LogP contribution in [0, 0.1) is 0 Å². The lowest BCUT2D eigenvalue weighted by atomic mass is 9.99. The summed E-state index contributed by atoms with van der Waals surface area (Å²) in [4.78, 5) is 26.6. The lowest BCUT2D eigenvalue weighted by Gasteiger charge is -2.41. The lowest BCUT2D eigenvalue weighted by Crippen LogP contribution is -2.61. The number of carbonyl (C=O) groups is 2. The van der Waals surface area contributed by atoms with Crippen molar-refractivity contribution in [2.45, 2.75) is 294 Å². The molecule has 1 aliphatic rings. The fourth-order valence-corrected chi connectivity index (χ4v) is 9.15. The van der Waals surface area contributed by atoms with Gasteiger partial charge in [0.25, 0.3) is 0 Å². The summed E-state index contributed by atoms with van der Waals surface area (Å²) in [6.45, 7) is 5.62. The number of carbonyl (C=O) groups excluding carboxylic acids is 2. The third kappa shape index (κ3) is 42.8. The molecule has 1 rings (SSSR count). The van der Waals surface area contributed by atoms with Crippen molar-refractivity contribution in [3.05, 3.63) is 109 Å². The van der Waals surface area contributed by atoms with E-state index in [2.05, 4.69) is 123 Å². The van der Waals surface area contributed by atoms with Crippen LogP contribution in [-0.4, -0.2) is 99.6 Å². The first kappa shape index (κ1) is 73.3. The average molecular weight is 1110 g/mol. The summed E-state index contributed by atoms with van der Waals surface area (Å²) in [7, 11) is 0. The molecule has 1 amide bonds. The molecule has 0 radical (unpaired) electrons. The Morgan fingerprint density at radius 2 is 0.911 bits per heavy atom. The summed E-state index contributed by atoms with van der Waals surface area (Å²) in [5, 5.41) is 57.0. The van der Waals surface area contributed by atoms with Crippen molar-refractivity contribution in [1.29, 1.82) is 0 Å². The number of unbranched alkanes of at least 4 members (excludes halogenated alkanes) is 22. The Hall–Kier alpha value is -3.68. The molecule has 0 aromatic rings. The first-order valence-corrected chi connectivity index (χ1v) is 31.7. The molecule has 79 heavy (non-hydrogen) atoms. The van der Waals surface area contributed by atoms with Crippen molar-refractivity contribution in [2.24, 2.45) is 0 Å². The molecule has 452 valence electrons. The maximum atomic E-state index is 13.4. The van der Waals surface area contributed by atoms with Crippen LogP contribution in [0.1, 0.15) is 245 Å². The van der Waals surface area contributed by atoms with Gasteiger partial charge >= 0.3 is 5.97 Å². The third-order valence-electron chi connectivity index (χ3n) is 14.2. The minimum atomic E-state index is -1.64. The maximum absolute atomic E-state index is 13.4. The van der Waals surface area contributed by atoms with E-state index in [1.165, 1.54) is 77.0 Å². The van der Waals surface area contributed by atoms with E-state index in [1.807, 2.05) is 6.08 Å². The Morgan fingerprint density at radius 3 is 1.39 bits per heavy atom. The number of amides is 1. The van der Waals surface area contributed by atoms with E-state index in [9.17, 15) is 35.1 Å². The Morgan fingerprint density at radius 1 is 0.506 bits per heavy atom. The quantitative estimate of drug-likeness (QED) is 0.0195. The minimum Gasteiger partial charge on any atom is -0.454 e. The van der Waals surface area contributed by atoms with Crippen LogP contribution < -0.4 is 5.32 Å². The molecule has 0 saturated carbocycles. The summed E-state index contributed by atoms with van der Waals surface area (Å²) < 4.78 is 17.6. The van der Waals surface area contributed by atoms with Crippen LogP contribution in [0.15, 0.2) is 109 Å². The second-order valence-electron chi connectivity index (χ2n) is 21.4. The van der Waals surface area contributed by atoms with Crippen LogP contribution in [0.3, 0.4) is 0 Å². The number of hydrogen-bond donors (Lipinski definition) is 6. The van der Waals surface area contributed by atoms with Crippen molar-refractivity contribution >= 4 is 11.9 Å². The van der Waals surface area contributed by atoms with E-state index >= 15 is 0 Å². The third-order valence-corrected chi connectivity index (χ3v) is 14.2. The highest BCUT2D eigenvalue weighted by atomic mass is 16.7. The summed E-state index contributed by atoms with van der Waals surface area (Å²) in [6, 6.07) is -1.05. The minimum absolute atomic E-state index is 0.0770. The maximum Gasteiger partial charge on any atom is 0.306 e. The standard InChI is InChI=1S/C68H115NO10/c1-4-7-10-13-16-19-22-25-27-29-31-33-35-38-41-44-47-50-53-56-63(73)79-66-65(75)64(74)62(57-70)78-68(66)77-58-59(60(71)54-51-48-45-42-39-36-24-21-18-15-12-9-6-3)69-67(76)61(72)55-52-49-46-43-40-37-34-32-30-28-26-23-20-17-14-11-8-5-2/h7,10,16-17,19-20,25-28,31-34,38,41,51,54,59-62,64-66,68,70-72,74-75H,4-6,8-9,11-15,18,21-24,29-30,35-37,39-40,42-50,52-53,55-58H2,1-3H3,(H,69,76)/b10-7-,19-16-,20-17-,27-25-,28-26-,33-31-,34-32-,41-38-,54-51+. The van der Waals surface area contributed by atoms with Gasteiger partial charge in [0, 0.05) is 6.42 Å². The number of nitrogens with one attached hydrogen (secondary N) is 1. The number of aliphatic hydroxyl groups is 5. The molecule has 1 heterocycles. The van der Waals surface area contributed by atoms with Crippen molar-refractivity contribution in [1.82, 2.24) is 5.32 Å². The first-order valence-electron chi connectivity index (χ1n) is 31.7. The average Bonchev–Trinajstić information content (AvgIpc) is 3.49. The van der Waals surface area contributed by atoms with Gasteiger partial charge in [0.2, 0.25) is 5.91 Å². The summed E-state index contributed by atoms with van der Waals surface area (Å²) >= 11 is 0. The molecule has 0 aliphatic carbocycles. The first-order chi connectivity index (χ1) is 38.7. The molecule has 1 aliphatic heterocycles. The monoisotopic (exact) mass is 1110 g/mol. The molecule has 6 N–H and O–H groups in total. The van der Waals surface area contributed by atoms with Crippen LogP contribution in [0.2, 0.25) is 0 Å². The number of ether oxygens (including phenoxy) is 3. The molecule has 11 heteroatoms. The van der Waals surface area contributed by atoms with Crippen molar-refractivity contribution in [3.63, 3.8) is 0 Å². The fourth-order valence-electron chi connectivity index (χ4n) is 9.15. The van der Waals surface area contributed by atoms with Gasteiger partial charge in [-0.1, -0.05) is 239 Å². The number of hydrogen-bond acceptors (Lipinski definition) is 10. The van der Waals surface area contributed by atoms with Gasteiger partial charge in [0.15, 0.2) is 12.4 Å². The van der Waals surface area contributed by atoms with Gasteiger partial charge < -0.3 is 45.1 Å². The molecule has 8 atom stereocenters. The highest BCUT2D eigenvalue weighted by Crippen LogP contribution is 2.26. The molecule has 0 aromatic heterocycles. The van der Waals surface area contributed by atoms with E-state index < -0.39 is 67.4 Å². The van der Waals surface area contributed by atoms with Crippen LogP contribution in [0.5, 0.6) is 0 Å². The summed E-state index contributed by atoms with van der Waals surface area (Å²) in [6.07, 6.45) is 64.0. The second kappa shape index (κ2) is 54.9. The molecule has 8 unspecified atom stereocenters. The van der Waals surface area contributed by atoms with Gasteiger partial charge in [0.05, 0.1) is 25.4 Å². The Labute approximate surface area is 481 Å². The molecule has 0 bridgehead atoms. The zero-order chi connectivity index (χ0) is 57.5. The fraction of sp³-hybridized carbons (Fsp3) is 0.706. The number of allylic oxidation sites excluding steroid dienone is 17. The van der Waals surface area contributed by atoms with Crippen molar-refractivity contribution < 1.29 is 49.3 Å². The van der Waals surface area contributed by atoms with E-state index in [1.54, 1.807) is 6.08 Å². The van der Waals surface area contributed by atoms with Gasteiger partial charge in [-0.2, -0.15) is 0 Å². The molecule has 0 spiro atoms. The van der Waals surface area contributed by atoms with E-state index in [-0.39, 0.29) is 19.4 Å². The summed E-state index contributed by atoms with van der Waals surface area (Å²) in [5.74, 6) is -1.25. The highest BCUT2D eigenvalue weighted by Gasteiger charge is 2.47. The predicted molar refractivity (Wildman–Crippen MR) is 328 cm³/mol. The van der Waals surface area contributed by atoms with E-state index in [4.69, 9.17) is 14.2 Å². The topological polar surface area (TPSA) is 175 Å². The molecule has 1 saturated heterocycles. The molecule has 0 aromatic carbocycles. The van der Waals surface area contributed by atoms with E-state index in [0.29, 0.717) is 12.8 Å². The van der Waals surface area contributed by atoms with Crippen LogP contribution in [0.25, 0.3) is 0 Å². The number of rotatable bonds is 52. The SMILES string of the molecule is CC/C=C\C/C=C\C/C=C\C/C=C\C/C=C\CCCCCC(=O)OC1C(OCC(NC(=O)C(O)CCCCCCC/C=C\C/C=C\C/C=C\CCCCC)C(O)/C=C/CCCCCCCCCCCCC)OC(CO)C(O)C1O. The van der Waals surface area contributed by atoms with Crippen molar-refractivity contribution in [3.8, 4) is 0 Å². The molecular weight excluding hydrogens is 991 g/mol. The Kier molecular flexibility index (Phi) is 50.9. The lowest BCUT2D eigenvalue weighted by molar-refractivity contribution is -0.305. The normalized spacial score (nSPS) is 19.6. The van der Waals surface area contributed by atoms with Crippen LogP contribution >= 0.6 is 0 Å². The zero-order valence-corrected chi connectivity index (χ0v) is 50.0. The predicted octanol–water partition coefficient (Wildman–Crippen LogP) is 15.3. The Bertz CT molecular complexity index is 1700. The smallest absolute Gasteiger partial charge is 0.306 e.